The molecular weight excluding hydrogens is 390 g/mol. The zero-order chi connectivity index (χ0) is 20.9. The molecule has 0 aromatic carbocycles. The lowest BCUT2D eigenvalue weighted by atomic mass is 10.0. The maximum Gasteiger partial charge on any atom is 0.211 e. The van der Waals surface area contributed by atoms with Crippen molar-refractivity contribution in [3.05, 3.63) is 17.5 Å². The van der Waals surface area contributed by atoms with Gasteiger partial charge in [0.25, 0.3) is 0 Å². The van der Waals surface area contributed by atoms with Gasteiger partial charge >= 0.3 is 0 Å². The van der Waals surface area contributed by atoms with Gasteiger partial charge in [0, 0.05) is 43.6 Å². The van der Waals surface area contributed by atoms with Crippen LogP contribution in [0.4, 0.5) is 5.69 Å². The zero-order valence-corrected chi connectivity index (χ0v) is 18.5. The summed E-state index contributed by atoms with van der Waals surface area (Å²) in [4.78, 5) is 4.84. The monoisotopic (exact) mass is 423 g/mol. The topological polar surface area (TPSA) is 98.1 Å². The number of anilines is 1. The van der Waals surface area contributed by atoms with E-state index in [1.165, 1.54) is 0 Å². The van der Waals surface area contributed by atoms with E-state index in [-0.39, 0.29) is 12.3 Å². The lowest BCUT2D eigenvalue weighted by Gasteiger charge is -2.26. The van der Waals surface area contributed by atoms with Gasteiger partial charge in [0.15, 0.2) is 5.65 Å². The maximum atomic E-state index is 12.4. The zero-order valence-electron chi connectivity index (χ0n) is 17.7. The van der Waals surface area contributed by atoms with E-state index in [4.69, 9.17) is 9.72 Å². The van der Waals surface area contributed by atoms with Crippen LogP contribution in [0, 0.1) is 0 Å². The second kappa shape index (κ2) is 9.86. The molecule has 0 radical (unpaired) electrons. The van der Waals surface area contributed by atoms with Crippen LogP contribution in [-0.2, 0) is 34.3 Å². The lowest BCUT2D eigenvalue weighted by molar-refractivity contribution is 0.0904. The van der Waals surface area contributed by atoms with Crippen LogP contribution in [0.5, 0.6) is 0 Å². The Kier molecular flexibility index (Phi) is 7.48. The number of rotatable bonds is 10. The van der Waals surface area contributed by atoms with Crippen molar-refractivity contribution in [2.45, 2.75) is 72.0 Å². The Morgan fingerprint density at radius 2 is 2.00 bits per heavy atom. The van der Waals surface area contributed by atoms with Crippen molar-refractivity contribution in [3.63, 3.8) is 0 Å². The molecule has 1 saturated heterocycles. The molecule has 0 spiro atoms. The van der Waals surface area contributed by atoms with Crippen LogP contribution in [0.15, 0.2) is 6.20 Å². The largest absolute Gasteiger partial charge is 0.381 e. The first-order valence-corrected chi connectivity index (χ1v) is 12.3. The number of nitrogens with one attached hydrogen (secondary N) is 2. The minimum atomic E-state index is -3.32. The summed E-state index contributed by atoms with van der Waals surface area (Å²) < 4.78 is 35.0. The predicted octanol–water partition coefficient (Wildman–Crippen LogP) is 2.82. The fraction of sp³-hybridized carbons (Fsp3) is 0.700. The highest BCUT2D eigenvalue weighted by molar-refractivity contribution is 7.89. The SMILES string of the molecule is CCCCS(=O)(=O)NCc1c(CC)nc2c(cnn2CC)c1NC1CCOCC1. The summed E-state index contributed by atoms with van der Waals surface area (Å²) >= 11 is 0. The third-order valence-corrected chi connectivity index (χ3v) is 6.82. The first-order valence-electron chi connectivity index (χ1n) is 10.7. The van der Waals surface area contributed by atoms with Gasteiger partial charge in [-0.15, -0.1) is 0 Å². The minimum absolute atomic E-state index is 0.150. The van der Waals surface area contributed by atoms with Crippen molar-refractivity contribution in [2.24, 2.45) is 0 Å². The Labute approximate surface area is 173 Å². The van der Waals surface area contributed by atoms with E-state index in [1.807, 2.05) is 31.6 Å². The van der Waals surface area contributed by atoms with Gasteiger partial charge < -0.3 is 10.1 Å². The van der Waals surface area contributed by atoms with E-state index >= 15 is 0 Å². The molecule has 29 heavy (non-hydrogen) atoms. The molecule has 1 aliphatic rings. The number of fused-ring (bicyclic) bond motifs is 1. The first kappa shape index (κ1) is 22.0. The quantitative estimate of drug-likeness (QED) is 0.610. The molecule has 3 rings (SSSR count). The second-order valence-electron chi connectivity index (χ2n) is 7.49. The Hall–Kier alpha value is -1.71. The molecule has 0 saturated carbocycles. The number of hydrogen-bond acceptors (Lipinski definition) is 6. The molecule has 2 aromatic heterocycles. The highest BCUT2D eigenvalue weighted by Gasteiger charge is 2.22. The highest BCUT2D eigenvalue weighted by Crippen LogP contribution is 2.31. The van der Waals surface area contributed by atoms with E-state index in [0.29, 0.717) is 12.5 Å². The molecule has 8 nitrogen and oxygen atoms in total. The van der Waals surface area contributed by atoms with Crippen molar-refractivity contribution < 1.29 is 13.2 Å². The van der Waals surface area contributed by atoms with Gasteiger partial charge in [-0.1, -0.05) is 20.3 Å². The molecule has 2 aromatic rings. The van der Waals surface area contributed by atoms with Crippen LogP contribution >= 0.6 is 0 Å². The van der Waals surface area contributed by atoms with Crippen LogP contribution in [0.1, 0.15) is 57.7 Å². The molecule has 1 fully saturated rings. The van der Waals surface area contributed by atoms with E-state index < -0.39 is 10.0 Å². The molecule has 0 aliphatic carbocycles. The van der Waals surface area contributed by atoms with Crippen molar-refractivity contribution in [1.29, 1.82) is 0 Å². The molecule has 0 atom stereocenters. The molecule has 1 aliphatic heterocycles. The van der Waals surface area contributed by atoms with Crippen LogP contribution in [0.25, 0.3) is 11.0 Å². The highest BCUT2D eigenvalue weighted by atomic mass is 32.2. The van der Waals surface area contributed by atoms with Crippen molar-refractivity contribution in [2.75, 3.05) is 24.3 Å². The summed E-state index contributed by atoms with van der Waals surface area (Å²) in [6, 6.07) is 0.291. The third-order valence-electron chi connectivity index (χ3n) is 5.41. The third kappa shape index (κ3) is 5.26. The van der Waals surface area contributed by atoms with E-state index in [1.54, 1.807) is 0 Å². The van der Waals surface area contributed by atoms with Crippen molar-refractivity contribution >= 4 is 26.7 Å². The van der Waals surface area contributed by atoms with Crippen molar-refractivity contribution in [3.8, 4) is 0 Å². The molecule has 0 unspecified atom stereocenters. The predicted molar refractivity (Wildman–Crippen MR) is 116 cm³/mol. The van der Waals surface area contributed by atoms with Gasteiger partial charge in [-0.2, -0.15) is 5.10 Å². The molecule has 0 amide bonds. The Bertz CT molecular complexity index is 920. The van der Waals surface area contributed by atoms with Crippen molar-refractivity contribution in [1.82, 2.24) is 19.5 Å². The number of aromatic nitrogens is 3. The van der Waals surface area contributed by atoms with Crippen LogP contribution in [0.3, 0.4) is 0 Å². The number of unbranched alkanes of at least 4 members (excludes halogenated alkanes) is 1. The fourth-order valence-electron chi connectivity index (χ4n) is 3.69. The van der Waals surface area contributed by atoms with Gasteiger partial charge in [0.1, 0.15) is 0 Å². The summed E-state index contributed by atoms with van der Waals surface area (Å²) in [5.74, 6) is 0.150. The fourth-order valence-corrected chi connectivity index (χ4v) is 4.87. The van der Waals surface area contributed by atoms with Gasteiger partial charge in [0.2, 0.25) is 10.0 Å². The van der Waals surface area contributed by atoms with Crippen LogP contribution < -0.4 is 10.0 Å². The van der Waals surface area contributed by atoms with E-state index in [2.05, 4.69) is 15.1 Å². The number of ether oxygens (including phenoxy) is 1. The summed E-state index contributed by atoms with van der Waals surface area (Å²) in [5.41, 5.74) is 3.62. The van der Waals surface area contributed by atoms with E-state index in [9.17, 15) is 8.42 Å². The van der Waals surface area contributed by atoms with Crippen LogP contribution in [-0.4, -0.2) is 48.2 Å². The van der Waals surface area contributed by atoms with E-state index in [0.717, 1.165) is 73.4 Å². The second-order valence-corrected chi connectivity index (χ2v) is 9.41. The molecule has 0 bridgehead atoms. The Morgan fingerprint density at radius 3 is 2.66 bits per heavy atom. The Morgan fingerprint density at radius 1 is 1.24 bits per heavy atom. The summed E-state index contributed by atoms with van der Waals surface area (Å²) in [6.45, 7) is 8.53. The average Bonchev–Trinajstić information content (AvgIpc) is 3.14. The number of nitrogens with zero attached hydrogens (tertiary/aromatic N) is 3. The molecule has 3 heterocycles. The molecule has 162 valence electrons. The lowest BCUT2D eigenvalue weighted by Crippen LogP contribution is -2.30. The number of pyridine rings is 1. The summed E-state index contributed by atoms with van der Waals surface area (Å²) in [5, 5.41) is 9.10. The standard InChI is InChI=1S/C20H33N5O3S/c1-4-7-12-29(26,27)22-14-16-18(5-2)24-20-17(13-21-25(20)6-3)19(16)23-15-8-10-28-11-9-15/h13,15,22H,4-12,14H2,1-3H3,(H,23,24). The van der Waals surface area contributed by atoms with Gasteiger partial charge in [-0.3, -0.25) is 0 Å². The Balaban J connectivity index is 1.99. The number of aryl methyl sites for hydroxylation is 2. The van der Waals surface area contributed by atoms with Gasteiger partial charge in [-0.25, -0.2) is 22.8 Å². The summed E-state index contributed by atoms with van der Waals surface area (Å²) in [6.07, 6.45) is 5.91. The number of hydrogen-bond donors (Lipinski definition) is 2. The smallest absolute Gasteiger partial charge is 0.211 e. The maximum absolute atomic E-state index is 12.4. The summed E-state index contributed by atoms with van der Waals surface area (Å²) in [7, 11) is -3.32. The first-order chi connectivity index (χ1) is 14.0. The minimum Gasteiger partial charge on any atom is -0.381 e. The molecule has 2 N–H and O–H groups in total. The molecule has 9 heteroatoms. The average molecular weight is 424 g/mol. The normalized spacial score (nSPS) is 15.8. The van der Waals surface area contributed by atoms with Crippen LogP contribution in [0.2, 0.25) is 0 Å². The van der Waals surface area contributed by atoms with Gasteiger partial charge in [0.05, 0.1) is 23.0 Å². The van der Waals surface area contributed by atoms with Gasteiger partial charge in [-0.05, 0) is 32.6 Å². The number of sulfonamides is 1. The molecular formula is C20H33N5O3S.